The molecule has 0 saturated heterocycles. The minimum Gasteiger partial charge on any atom is -0.329 e. The zero-order chi connectivity index (χ0) is 14.8. The first-order valence-electron chi connectivity index (χ1n) is 7.36. The smallest absolute Gasteiger partial charge is 0.240 e. The van der Waals surface area contributed by atoms with E-state index >= 15 is 0 Å². The normalized spacial score (nSPS) is 17.1. The molecule has 0 spiro atoms. The van der Waals surface area contributed by atoms with Crippen molar-refractivity contribution in [2.75, 3.05) is 6.54 Å². The highest BCUT2D eigenvalue weighted by molar-refractivity contribution is 7.89. The number of hydrogen-bond acceptors (Lipinski definition) is 3. The van der Waals surface area contributed by atoms with E-state index in [0.717, 1.165) is 31.2 Å². The minimum absolute atomic E-state index is 0.129. The largest absolute Gasteiger partial charge is 0.329 e. The van der Waals surface area contributed by atoms with Crippen LogP contribution in [0.3, 0.4) is 0 Å². The van der Waals surface area contributed by atoms with Gasteiger partial charge in [-0.15, -0.1) is 0 Å². The Kier molecular flexibility index (Phi) is 4.83. The summed E-state index contributed by atoms with van der Waals surface area (Å²) in [4.78, 5) is 0.352. The molecule has 0 heterocycles. The van der Waals surface area contributed by atoms with Crippen molar-refractivity contribution in [3.8, 4) is 0 Å². The van der Waals surface area contributed by atoms with Gasteiger partial charge in [-0.25, -0.2) is 13.1 Å². The van der Waals surface area contributed by atoms with E-state index in [2.05, 4.69) is 11.6 Å². The molecule has 20 heavy (non-hydrogen) atoms. The van der Waals surface area contributed by atoms with Crippen LogP contribution in [0.1, 0.15) is 37.8 Å². The molecule has 0 bridgehead atoms. The van der Waals surface area contributed by atoms with Gasteiger partial charge in [0.15, 0.2) is 0 Å². The summed E-state index contributed by atoms with van der Waals surface area (Å²) in [5.74, 6) is 0.412. The number of sulfonamides is 1. The highest BCUT2D eigenvalue weighted by atomic mass is 32.2. The topological polar surface area (TPSA) is 72.2 Å². The SMILES string of the molecule is CCc1ccc(S(=O)(=O)NC(CN)C2CC2)cc1CC. The third-order valence-corrected chi connectivity index (χ3v) is 5.49. The van der Waals surface area contributed by atoms with Crippen LogP contribution in [0.25, 0.3) is 0 Å². The van der Waals surface area contributed by atoms with E-state index < -0.39 is 10.0 Å². The van der Waals surface area contributed by atoms with Crippen LogP contribution in [-0.4, -0.2) is 21.0 Å². The van der Waals surface area contributed by atoms with Crippen molar-refractivity contribution >= 4 is 10.0 Å². The summed E-state index contributed by atoms with van der Waals surface area (Å²) in [5.41, 5.74) is 7.99. The molecule has 1 aromatic rings. The molecule has 1 aliphatic carbocycles. The van der Waals surface area contributed by atoms with Crippen LogP contribution in [-0.2, 0) is 22.9 Å². The second kappa shape index (κ2) is 6.24. The van der Waals surface area contributed by atoms with Crippen LogP contribution < -0.4 is 10.5 Å². The summed E-state index contributed by atoms with van der Waals surface area (Å²) >= 11 is 0. The van der Waals surface area contributed by atoms with Crippen LogP contribution in [0.5, 0.6) is 0 Å². The van der Waals surface area contributed by atoms with Crippen molar-refractivity contribution in [2.24, 2.45) is 11.7 Å². The van der Waals surface area contributed by atoms with Gasteiger partial charge in [0.2, 0.25) is 10.0 Å². The van der Waals surface area contributed by atoms with E-state index in [4.69, 9.17) is 5.73 Å². The summed E-state index contributed by atoms with van der Waals surface area (Å²) < 4.78 is 27.6. The van der Waals surface area contributed by atoms with E-state index in [-0.39, 0.29) is 6.04 Å². The average molecular weight is 296 g/mol. The molecule has 112 valence electrons. The summed E-state index contributed by atoms with van der Waals surface area (Å²) in [6, 6.07) is 5.28. The van der Waals surface area contributed by atoms with Crippen LogP contribution in [0.2, 0.25) is 0 Å². The molecule has 0 aromatic heterocycles. The lowest BCUT2D eigenvalue weighted by atomic mass is 10.0. The van der Waals surface area contributed by atoms with E-state index in [0.29, 0.717) is 17.4 Å². The zero-order valence-corrected chi connectivity index (χ0v) is 13.0. The zero-order valence-electron chi connectivity index (χ0n) is 12.2. The lowest BCUT2D eigenvalue weighted by molar-refractivity contribution is 0.519. The molecule has 1 aromatic carbocycles. The maximum absolute atomic E-state index is 12.4. The first kappa shape index (κ1) is 15.5. The van der Waals surface area contributed by atoms with Crippen LogP contribution in [0, 0.1) is 5.92 Å². The van der Waals surface area contributed by atoms with E-state index in [1.165, 1.54) is 5.56 Å². The third kappa shape index (κ3) is 3.40. The van der Waals surface area contributed by atoms with E-state index in [1.54, 1.807) is 12.1 Å². The summed E-state index contributed by atoms with van der Waals surface area (Å²) in [6.45, 7) is 4.49. The molecule has 1 unspecified atom stereocenters. The van der Waals surface area contributed by atoms with E-state index in [1.807, 2.05) is 13.0 Å². The number of aryl methyl sites for hydroxylation is 2. The summed E-state index contributed by atoms with van der Waals surface area (Å²) in [7, 11) is -3.46. The van der Waals surface area contributed by atoms with Crippen molar-refractivity contribution in [3.63, 3.8) is 0 Å². The molecular formula is C15H24N2O2S. The standard InChI is InChI=1S/C15H24N2O2S/c1-3-11-7-8-14(9-12(11)4-2)20(18,19)17-15(10-16)13-5-6-13/h7-9,13,15,17H,3-6,10,16H2,1-2H3. The molecule has 1 fully saturated rings. The van der Waals surface area contributed by atoms with Gasteiger partial charge in [0, 0.05) is 12.6 Å². The Morgan fingerprint density at radius 2 is 1.90 bits per heavy atom. The number of benzene rings is 1. The number of rotatable bonds is 7. The Morgan fingerprint density at radius 1 is 1.25 bits per heavy atom. The van der Waals surface area contributed by atoms with Gasteiger partial charge in [0.25, 0.3) is 0 Å². The number of hydrogen-bond donors (Lipinski definition) is 2. The average Bonchev–Trinajstić information content (AvgIpc) is 3.28. The molecule has 0 amide bonds. The molecule has 1 aliphatic rings. The Balaban J connectivity index is 2.24. The molecule has 3 N–H and O–H groups in total. The van der Waals surface area contributed by atoms with Gasteiger partial charge in [0.1, 0.15) is 0 Å². The van der Waals surface area contributed by atoms with Crippen molar-refractivity contribution in [2.45, 2.75) is 50.5 Å². The Hall–Kier alpha value is -0.910. The molecule has 0 radical (unpaired) electrons. The lowest BCUT2D eigenvalue weighted by Gasteiger charge is -2.17. The maximum Gasteiger partial charge on any atom is 0.240 e. The fraction of sp³-hybridized carbons (Fsp3) is 0.600. The van der Waals surface area contributed by atoms with E-state index in [9.17, 15) is 8.42 Å². The predicted molar refractivity (Wildman–Crippen MR) is 81.1 cm³/mol. The lowest BCUT2D eigenvalue weighted by Crippen LogP contribution is -2.41. The van der Waals surface area contributed by atoms with Crippen LogP contribution in [0.15, 0.2) is 23.1 Å². The number of nitrogens with two attached hydrogens (primary N) is 1. The Bertz CT molecular complexity index is 565. The molecule has 1 saturated carbocycles. The second-order valence-corrected chi connectivity index (χ2v) is 7.15. The van der Waals surface area contributed by atoms with Crippen molar-refractivity contribution in [1.82, 2.24) is 4.72 Å². The molecule has 2 rings (SSSR count). The highest BCUT2D eigenvalue weighted by Crippen LogP contribution is 2.33. The van der Waals surface area contributed by atoms with Gasteiger partial charge >= 0.3 is 0 Å². The maximum atomic E-state index is 12.4. The fourth-order valence-electron chi connectivity index (χ4n) is 2.55. The molecule has 4 nitrogen and oxygen atoms in total. The molecule has 0 aliphatic heterocycles. The van der Waals surface area contributed by atoms with Crippen molar-refractivity contribution < 1.29 is 8.42 Å². The van der Waals surface area contributed by atoms with Crippen LogP contribution in [0.4, 0.5) is 0 Å². The first-order chi connectivity index (χ1) is 9.51. The van der Waals surface area contributed by atoms with Crippen molar-refractivity contribution in [3.05, 3.63) is 29.3 Å². The third-order valence-electron chi connectivity index (χ3n) is 4.00. The predicted octanol–water partition coefficient (Wildman–Crippen LogP) is 1.83. The molecular weight excluding hydrogens is 272 g/mol. The second-order valence-electron chi connectivity index (χ2n) is 5.44. The molecule has 5 heteroatoms. The van der Waals surface area contributed by atoms with Crippen molar-refractivity contribution in [1.29, 1.82) is 0 Å². The number of nitrogens with one attached hydrogen (secondary N) is 1. The minimum atomic E-state index is -3.46. The van der Waals surface area contributed by atoms with Gasteiger partial charge < -0.3 is 5.73 Å². The highest BCUT2D eigenvalue weighted by Gasteiger charge is 2.33. The Labute approximate surface area is 121 Å². The quantitative estimate of drug-likeness (QED) is 0.806. The fourth-order valence-corrected chi connectivity index (χ4v) is 3.91. The summed E-state index contributed by atoms with van der Waals surface area (Å²) in [6.07, 6.45) is 3.90. The van der Waals surface area contributed by atoms with Gasteiger partial charge in [-0.05, 0) is 54.9 Å². The van der Waals surface area contributed by atoms with Gasteiger partial charge in [-0.3, -0.25) is 0 Å². The Morgan fingerprint density at radius 3 is 2.40 bits per heavy atom. The van der Waals surface area contributed by atoms with Crippen LogP contribution >= 0.6 is 0 Å². The molecule has 1 atom stereocenters. The van der Waals surface area contributed by atoms with Gasteiger partial charge in [-0.1, -0.05) is 19.9 Å². The van der Waals surface area contributed by atoms with Gasteiger partial charge in [0.05, 0.1) is 4.90 Å². The van der Waals surface area contributed by atoms with Gasteiger partial charge in [-0.2, -0.15) is 0 Å². The monoisotopic (exact) mass is 296 g/mol. The first-order valence-corrected chi connectivity index (χ1v) is 8.84. The summed E-state index contributed by atoms with van der Waals surface area (Å²) in [5, 5.41) is 0.